The van der Waals surface area contributed by atoms with Crippen molar-refractivity contribution in [3.05, 3.63) is 116 Å². The number of benzene rings is 3. The number of fused-ring (bicyclic) bond motifs is 6. The van der Waals surface area contributed by atoms with E-state index in [-0.39, 0.29) is 60.3 Å². The zero-order chi connectivity index (χ0) is 36.9. The number of nitrogens with zero attached hydrogens (tertiary/aromatic N) is 2. The van der Waals surface area contributed by atoms with E-state index in [1.54, 1.807) is 24.0 Å². The maximum atomic E-state index is 16.6. The Morgan fingerprint density at radius 3 is 2.39 bits per heavy atom. The Kier molecular flexibility index (Phi) is 9.44. The molecule has 2 aliphatic rings. The highest BCUT2D eigenvalue weighted by Gasteiger charge is 2.38. The quantitative estimate of drug-likeness (QED) is 0.213. The summed E-state index contributed by atoms with van der Waals surface area (Å²) in [4.78, 5) is 41.3. The van der Waals surface area contributed by atoms with Gasteiger partial charge in [0.15, 0.2) is 0 Å². The fourth-order valence-corrected chi connectivity index (χ4v) is 6.57. The molecule has 0 aliphatic carbocycles. The van der Waals surface area contributed by atoms with Crippen LogP contribution in [0.5, 0.6) is 11.5 Å². The topological polar surface area (TPSA) is 101 Å². The number of pyridine rings is 1. The Balaban J connectivity index is 1.60. The molecule has 3 heterocycles. The average molecular weight is 718 g/mol. The number of likely N-dealkylation sites (tertiary alicyclic amines) is 1. The van der Waals surface area contributed by atoms with E-state index in [9.17, 15) is 37.1 Å². The van der Waals surface area contributed by atoms with Crippen LogP contribution in [0.1, 0.15) is 51.9 Å². The van der Waals surface area contributed by atoms with Gasteiger partial charge in [-0.3, -0.25) is 23.9 Å². The first-order valence-corrected chi connectivity index (χ1v) is 15.8. The Hall–Kier alpha value is -5.18. The van der Waals surface area contributed by atoms with E-state index in [0.717, 1.165) is 18.3 Å². The molecule has 0 unspecified atom stereocenters. The van der Waals surface area contributed by atoms with Crippen molar-refractivity contribution in [1.82, 2.24) is 14.8 Å². The number of rotatable bonds is 6. The second-order valence-electron chi connectivity index (χ2n) is 12.6. The summed E-state index contributed by atoms with van der Waals surface area (Å²) in [5, 5.41) is 12.0. The molecule has 0 radical (unpaired) electrons. The molecule has 51 heavy (non-hydrogen) atoms. The van der Waals surface area contributed by atoms with E-state index >= 15 is 13.2 Å². The predicted molar refractivity (Wildman–Crippen MR) is 170 cm³/mol. The number of amides is 1. The van der Waals surface area contributed by atoms with Gasteiger partial charge in [-0.15, -0.1) is 0 Å². The number of ether oxygens (including phenoxy) is 1. The summed E-state index contributed by atoms with van der Waals surface area (Å²) in [7, 11) is 0. The van der Waals surface area contributed by atoms with Crippen molar-refractivity contribution in [2.75, 3.05) is 19.6 Å². The normalized spacial score (nSPS) is 18.0. The van der Waals surface area contributed by atoms with Gasteiger partial charge in [-0.2, -0.15) is 13.2 Å². The largest absolute Gasteiger partial charge is 0.481 e. The lowest BCUT2D eigenvalue weighted by molar-refractivity contribution is -0.139. The summed E-state index contributed by atoms with van der Waals surface area (Å²) >= 11 is 0. The van der Waals surface area contributed by atoms with Crippen LogP contribution in [0.2, 0.25) is 0 Å². The highest BCUT2D eigenvalue weighted by atomic mass is 19.4. The lowest BCUT2D eigenvalue weighted by atomic mass is 9.91. The Labute approximate surface area is 286 Å². The van der Waals surface area contributed by atoms with E-state index in [0.29, 0.717) is 10.1 Å². The van der Waals surface area contributed by atoms with Crippen LogP contribution < -0.4 is 15.6 Å². The Morgan fingerprint density at radius 2 is 1.73 bits per heavy atom. The Morgan fingerprint density at radius 1 is 1.00 bits per heavy atom. The highest BCUT2D eigenvalue weighted by molar-refractivity contribution is 5.85. The van der Waals surface area contributed by atoms with Gasteiger partial charge in [0, 0.05) is 54.2 Å². The SMILES string of the molecule is Cc1cc2c(F)c(c1F)[C@H](CC(=O)O)NC(=O)[C@@H](n1cc(CCN3CC(F)C3)c(C(F)(F)F)cc1=O)c1cc(ccc1F)Oc1cccc(C)c1-2. The summed E-state index contributed by atoms with van der Waals surface area (Å²) in [6.45, 7) is 2.87. The number of aromatic nitrogens is 1. The molecule has 1 aromatic heterocycles. The maximum absolute atomic E-state index is 16.6. The lowest BCUT2D eigenvalue weighted by Crippen LogP contribution is -2.49. The van der Waals surface area contributed by atoms with E-state index in [1.165, 1.54) is 25.1 Å². The van der Waals surface area contributed by atoms with Crippen LogP contribution in [0.25, 0.3) is 11.1 Å². The van der Waals surface area contributed by atoms with Crippen LogP contribution in [0.4, 0.5) is 30.7 Å². The van der Waals surface area contributed by atoms with Crippen molar-refractivity contribution in [2.24, 2.45) is 0 Å². The molecular formula is C36H30F7N3O5. The van der Waals surface area contributed by atoms with E-state index in [4.69, 9.17) is 4.74 Å². The van der Waals surface area contributed by atoms with Gasteiger partial charge in [0.1, 0.15) is 41.2 Å². The minimum absolute atomic E-state index is 0.00849. The van der Waals surface area contributed by atoms with Gasteiger partial charge in [0.2, 0.25) is 5.91 Å². The molecule has 3 aromatic carbocycles. The Bertz CT molecular complexity index is 2110. The summed E-state index contributed by atoms with van der Waals surface area (Å²) in [5.74, 6) is -6.57. The molecule has 1 saturated heterocycles. The number of aryl methyl sites for hydroxylation is 2. The number of alkyl halides is 4. The molecule has 1 amide bonds. The van der Waals surface area contributed by atoms with Gasteiger partial charge in [-0.25, -0.2) is 17.6 Å². The number of aliphatic carboxylic acids is 1. The lowest BCUT2D eigenvalue weighted by Gasteiger charge is -2.34. The van der Waals surface area contributed by atoms with Gasteiger partial charge in [0.05, 0.1) is 18.0 Å². The minimum Gasteiger partial charge on any atom is -0.481 e. The molecule has 268 valence electrons. The summed E-state index contributed by atoms with van der Waals surface area (Å²) in [6, 6.07) is 5.12. The third kappa shape index (κ3) is 6.94. The van der Waals surface area contributed by atoms with Crippen molar-refractivity contribution in [3.8, 4) is 22.6 Å². The zero-order valence-electron chi connectivity index (χ0n) is 27.1. The third-order valence-corrected chi connectivity index (χ3v) is 9.06. The third-order valence-electron chi connectivity index (χ3n) is 9.06. The van der Waals surface area contributed by atoms with Crippen LogP contribution in [-0.2, 0) is 22.2 Å². The van der Waals surface area contributed by atoms with E-state index in [1.807, 2.05) is 0 Å². The standard InChI is InChI=1S/C36H30F7N3O5/c1-17-4-3-5-27-30(17)23-10-18(2)32(39)31(33(23)40)26(13-29(48)49)44-35(50)34(22-11-21(51-27)6-7-25(22)38)46-14-19(8-9-45-15-20(37)16-45)24(12-28(46)47)36(41,42)43/h3-7,10-12,14,20,26,34H,8-9,13,15-16H2,1-2H3,(H,44,50)(H,48,49)/t26-,34-/m0/s1. The smallest absolute Gasteiger partial charge is 0.416 e. The number of nitrogens with one attached hydrogen (secondary N) is 1. The zero-order valence-corrected chi connectivity index (χ0v) is 27.1. The average Bonchev–Trinajstić information content (AvgIpc) is 3.02. The first-order valence-electron chi connectivity index (χ1n) is 15.8. The van der Waals surface area contributed by atoms with Crippen LogP contribution in [0.3, 0.4) is 0 Å². The molecule has 2 atom stereocenters. The number of hydrogen-bond donors (Lipinski definition) is 2. The maximum Gasteiger partial charge on any atom is 0.416 e. The van der Waals surface area contributed by atoms with Crippen LogP contribution >= 0.6 is 0 Å². The van der Waals surface area contributed by atoms with Crippen molar-refractivity contribution >= 4 is 11.9 Å². The number of halogens is 7. The minimum atomic E-state index is -5.02. The fraction of sp³-hybridized carbons (Fsp3) is 0.306. The summed E-state index contributed by atoms with van der Waals surface area (Å²) in [5.41, 5.74) is -4.32. The van der Waals surface area contributed by atoms with Crippen molar-refractivity contribution < 1.29 is 50.2 Å². The molecule has 2 aliphatic heterocycles. The number of carbonyl (C=O) groups excluding carboxylic acids is 1. The van der Waals surface area contributed by atoms with E-state index < -0.39 is 88.0 Å². The van der Waals surface area contributed by atoms with Crippen LogP contribution in [-0.4, -0.2) is 52.3 Å². The van der Waals surface area contributed by atoms with Gasteiger partial charge in [0.25, 0.3) is 5.56 Å². The monoisotopic (exact) mass is 717 g/mol. The molecule has 0 spiro atoms. The van der Waals surface area contributed by atoms with Gasteiger partial charge < -0.3 is 15.2 Å². The predicted octanol–water partition coefficient (Wildman–Crippen LogP) is 6.79. The highest BCUT2D eigenvalue weighted by Crippen LogP contribution is 2.42. The second-order valence-corrected chi connectivity index (χ2v) is 12.6. The second kappa shape index (κ2) is 13.5. The van der Waals surface area contributed by atoms with Crippen molar-refractivity contribution in [3.63, 3.8) is 0 Å². The number of carboxylic acids is 1. The molecule has 4 aromatic rings. The van der Waals surface area contributed by atoms with Gasteiger partial charge in [-0.1, -0.05) is 12.1 Å². The molecule has 8 nitrogen and oxygen atoms in total. The summed E-state index contributed by atoms with van der Waals surface area (Å²) in [6.07, 6.45) is -6.84. The van der Waals surface area contributed by atoms with Crippen molar-refractivity contribution in [1.29, 1.82) is 0 Å². The van der Waals surface area contributed by atoms with E-state index in [2.05, 4.69) is 5.32 Å². The molecule has 2 N–H and O–H groups in total. The van der Waals surface area contributed by atoms with Gasteiger partial charge in [-0.05, 0) is 67.3 Å². The molecule has 0 saturated carbocycles. The van der Waals surface area contributed by atoms with Crippen molar-refractivity contribution in [2.45, 2.75) is 51.1 Å². The fourth-order valence-electron chi connectivity index (χ4n) is 6.57. The van der Waals surface area contributed by atoms with Crippen LogP contribution in [0.15, 0.2) is 59.5 Å². The molecule has 6 rings (SSSR count). The number of hydrogen-bond acceptors (Lipinski definition) is 5. The molecular weight excluding hydrogens is 687 g/mol. The first-order chi connectivity index (χ1) is 24.0. The number of carboxylic acid groups (broad SMARTS) is 1. The van der Waals surface area contributed by atoms with Gasteiger partial charge >= 0.3 is 12.1 Å². The first kappa shape index (κ1) is 35.6. The summed E-state index contributed by atoms with van der Waals surface area (Å²) < 4.78 is 111. The molecule has 4 bridgehead atoms. The number of carbonyl (C=O) groups is 2. The molecule has 1 fully saturated rings. The molecule has 15 heteroatoms. The van der Waals surface area contributed by atoms with Crippen LogP contribution in [0, 0.1) is 31.3 Å².